The highest BCUT2D eigenvalue weighted by molar-refractivity contribution is 6.41. The summed E-state index contributed by atoms with van der Waals surface area (Å²) in [5, 5.41) is 15.4. The average molecular weight is 380 g/mol. The summed E-state index contributed by atoms with van der Waals surface area (Å²) in [6, 6.07) is 13.1. The summed E-state index contributed by atoms with van der Waals surface area (Å²) in [5.41, 5.74) is 3.33. The van der Waals surface area contributed by atoms with Crippen LogP contribution >= 0.6 is 23.2 Å². The molecule has 2 rings (SSSR count). The fraction of sp³-hybridized carbons (Fsp3) is 0.0588. The van der Waals surface area contributed by atoms with Crippen LogP contribution in [0.1, 0.15) is 0 Å². The smallest absolute Gasteiger partial charge is 0.170 e. The van der Waals surface area contributed by atoms with Gasteiger partial charge in [0.25, 0.3) is 0 Å². The predicted molar refractivity (Wildman–Crippen MR) is 95.1 cm³/mol. The van der Waals surface area contributed by atoms with E-state index in [1.165, 1.54) is 19.2 Å². The Morgan fingerprint density at radius 1 is 1.12 bits per heavy atom. The third-order valence-electron chi connectivity index (χ3n) is 2.90. The van der Waals surface area contributed by atoms with Crippen LogP contribution in [0, 0.1) is 0 Å². The number of nitrogens with one attached hydrogen (secondary N) is 1. The number of methoxy groups -OCH3 is 1. The molecule has 0 saturated carbocycles. The fourth-order valence-electron chi connectivity index (χ4n) is 1.70. The molecule has 2 aromatic rings. The third-order valence-corrected chi connectivity index (χ3v) is 3.42. The number of halogens is 2. The van der Waals surface area contributed by atoms with Crippen molar-refractivity contribution in [3.05, 3.63) is 64.3 Å². The number of hydrogen-bond donors (Lipinski definition) is 1. The number of hydrogen-bond acceptors (Lipinski definition) is 6. The zero-order valence-corrected chi connectivity index (χ0v) is 14.5. The van der Waals surface area contributed by atoms with Gasteiger partial charge in [-0.3, -0.25) is 5.43 Å². The molecule has 0 saturated heterocycles. The number of aliphatic carboxylic acids is 1. The lowest BCUT2D eigenvalue weighted by Crippen LogP contribution is -2.28. The van der Waals surface area contributed by atoms with Crippen LogP contribution in [-0.2, 0) is 4.79 Å². The first-order valence-corrected chi connectivity index (χ1v) is 7.73. The minimum atomic E-state index is -1.57. The van der Waals surface area contributed by atoms with Gasteiger partial charge in [-0.2, -0.15) is 5.10 Å². The van der Waals surface area contributed by atoms with Crippen LogP contribution in [0.5, 0.6) is 11.5 Å². The summed E-state index contributed by atoms with van der Waals surface area (Å²) in [6.07, 6.45) is 1.10. The second-order valence-corrected chi connectivity index (χ2v) is 5.46. The molecule has 0 aliphatic heterocycles. The monoisotopic (exact) mass is 379 g/mol. The van der Waals surface area contributed by atoms with Crippen LogP contribution in [0.15, 0.2) is 64.4 Å². The molecule has 0 aromatic heterocycles. The van der Waals surface area contributed by atoms with Crippen LogP contribution in [0.25, 0.3) is 0 Å². The van der Waals surface area contributed by atoms with Crippen molar-refractivity contribution >= 4 is 41.1 Å². The number of rotatable bonds is 7. The van der Waals surface area contributed by atoms with Gasteiger partial charge in [0.2, 0.25) is 0 Å². The van der Waals surface area contributed by atoms with Crippen LogP contribution in [0.2, 0.25) is 5.02 Å². The van der Waals surface area contributed by atoms with Crippen molar-refractivity contribution in [2.75, 3.05) is 12.5 Å². The van der Waals surface area contributed by atoms with Gasteiger partial charge >= 0.3 is 0 Å². The number of anilines is 1. The highest BCUT2D eigenvalue weighted by atomic mass is 35.5. The molecule has 0 spiro atoms. The number of carboxylic acids is 1. The van der Waals surface area contributed by atoms with E-state index in [0.29, 0.717) is 16.5 Å². The number of carbonyl (C=O) groups excluding carboxylic acids is 1. The molecule has 0 amide bonds. The first-order chi connectivity index (χ1) is 12.0. The number of carbonyl (C=O) groups is 1. The quantitative estimate of drug-likeness (QED) is 0.346. The van der Waals surface area contributed by atoms with Crippen LogP contribution in [0.4, 0.5) is 5.69 Å². The Morgan fingerprint density at radius 2 is 1.72 bits per heavy atom. The lowest BCUT2D eigenvalue weighted by atomic mass is 10.3. The Labute approximate surface area is 154 Å². The molecule has 130 valence electrons. The highest BCUT2D eigenvalue weighted by Gasteiger charge is 2.08. The Hall–Kier alpha value is -2.70. The maximum atomic E-state index is 11.2. The number of ether oxygens (including phenoxy) is 2. The Balaban J connectivity index is 2.10. The van der Waals surface area contributed by atoms with E-state index in [-0.39, 0.29) is 10.8 Å². The van der Waals surface area contributed by atoms with Crippen LogP contribution < -0.4 is 20.0 Å². The Kier molecular flexibility index (Phi) is 6.68. The summed E-state index contributed by atoms with van der Waals surface area (Å²) in [4.78, 5) is 11.2. The molecule has 6 nitrogen and oxygen atoms in total. The Bertz CT molecular complexity index is 787. The summed E-state index contributed by atoms with van der Waals surface area (Å²) in [6.45, 7) is 0. The molecule has 0 fully saturated rings. The molecule has 25 heavy (non-hydrogen) atoms. The van der Waals surface area contributed by atoms with E-state index in [2.05, 4.69) is 10.5 Å². The van der Waals surface area contributed by atoms with E-state index in [9.17, 15) is 9.90 Å². The molecule has 0 heterocycles. The molecular weight excluding hydrogens is 367 g/mol. The maximum absolute atomic E-state index is 11.2. The van der Waals surface area contributed by atoms with Crippen molar-refractivity contribution in [1.82, 2.24) is 0 Å². The first kappa shape index (κ1) is 18.6. The van der Waals surface area contributed by atoms with E-state index in [0.717, 1.165) is 6.21 Å². The molecule has 0 aliphatic carbocycles. The van der Waals surface area contributed by atoms with Gasteiger partial charge in [0.05, 0.1) is 19.0 Å². The fourth-order valence-corrected chi connectivity index (χ4v) is 1.99. The SMILES string of the molecule is COc1ccc(O/C(C(=O)[O-])=C(/Cl)C=NNc2ccc(Cl)cc2)cc1. The minimum Gasteiger partial charge on any atom is -0.541 e. The predicted octanol–water partition coefficient (Wildman–Crippen LogP) is 3.03. The number of nitrogens with zero attached hydrogens (tertiary/aromatic N) is 1. The first-order valence-electron chi connectivity index (χ1n) is 6.97. The van der Waals surface area contributed by atoms with E-state index in [1.807, 2.05) is 0 Å². The molecule has 0 radical (unpaired) electrons. The second-order valence-electron chi connectivity index (χ2n) is 4.62. The maximum Gasteiger partial charge on any atom is 0.170 e. The number of benzene rings is 2. The third kappa shape index (κ3) is 5.70. The summed E-state index contributed by atoms with van der Waals surface area (Å²) in [7, 11) is 1.52. The Morgan fingerprint density at radius 3 is 2.28 bits per heavy atom. The van der Waals surface area contributed by atoms with Gasteiger partial charge < -0.3 is 19.4 Å². The summed E-state index contributed by atoms with van der Waals surface area (Å²) < 4.78 is 10.3. The van der Waals surface area contributed by atoms with Crippen LogP contribution in [-0.4, -0.2) is 19.3 Å². The zero-order chi connectivity index (χ0) is 18.2. The number of carboxylic acid groups (broad SMARTS) is 1. The highest BCUT2D eigenvalue weighted by Crippen LogP contribution is 2.21. The molecule has 0 unspecified atom stereocenters. The standard InChI is InChI=1S/C17H14Cl2N2O4/c1-24-13-6-8-14(9-7-13)25-16(17(22)23)15(19)10-20-21-12-4-2-11(18)3-5-12/h2-10,21H,1H3,(H,22,23)/p-1/b16-15+,20-10?. The van der Waals surface area contributed by atoms with Gasteiger partial charge in [0, 0.05) is 5.02 Å². The van der Waals surface area contributed by atoms with E-state index >= 15 is 0 Å². The zero-order valence-electron chi connectivity index (χ0n) is 13.0. The summed E-state index contributed by atoms with van der Waals surface area (Å²) >= 11 is 11.7. The van der Waals surface area contributed by atoms with Gasteiger partial charge in [-0.1, -0.05) is 23.2 Å². The second kappa shape index (κ2) is 8.96. The number of hydrazone groups is 1. The molecule has 8 heteroatoms. The minimum absolute atomic E-state index is 0.239. The van der Waals surface area contributed by atoms with Gasteiger partial charge in [0.1, 0.15) is 22.5 Å². The molecule has 1 N–H and O–H groups in total. The van der Waals surface area contributed by atoms with Gasteiger partial charge in [-0.05, 0) is 48.5 Å². The van der Waals surface area contributed by atoms with Crippen molar-refractivity contribution in [1.29, 1.82) is 0 Å². The van der Waals surface area contributed by atoms with Crippen molar-refractivity contribution < 1.29 is 19.4 Å². The van der Waals surface area contributed by atoms with Gasteiger partial charge in [-0.15, -0.1) is 0 Å². The van der Waals surface area contributed by atoms with Gasteiger partial charge in [-0.25, -0.2) is 0 Å². The molecule has 0 atom stereocenters. The number of allylic oxidation sites excluding steroid dienone is 1. The van der Waals surface area contributed by atoms with Crippen molar-refractivity contribution in [3.63, 3.8) is 0 Å². The normalized spacial score (nSPS) is 11.8. The van der Waals surface area contributed by atoms with Gasteiger partial charge in [0.15, 0.2) is 5.76 Å². The van der Waals surface area contributed by atoms with Crippen LogP contribution in [0.3, 0.4) is 0 Å². The van der Waals surface area contributed by atoms with E-state index in [1.54, 1.807) is 36.4 Å². The molecule has 0 aliphatic rings. The van der Waals surface area contributed by atoms with E-state index in [4.69, 9.17) is 32.7 Å². The van der Waals surface area contributed by atoms with Crippen molar-refractivity contribution in [2.45, 2.75) is 0 Å². The van der Waals surface area contributed by atoms with Crippen molar-refractivity contribution in [2.24, 2.45) is 5.10 Å². The molecular formula is C17H13Cl2N2O4-. The lowest BCUT2D eigenvalue weighted by molar-refractivity contribution is -0.302. The largest absolute Gasteiger partial charge is 0.541 e. The lowest BCUT2D eigenvalue weighted by Gasteiger charge is -2.12. The van der Waals surface area contributed by atoms with Crippen molar-refractivity contribution in [3.8, 4) is 11.5 Å². The molecule has 2 aromatic carbocycles. The topological polar surface area (TPSA) is 83.0 Å². The molecule has 0 bridgehead atoms. The summed E-state index contributed by atoms with van der Waals surface area (Å²) in [5.74, 6) is -1.27. The van der Waals surface area contributed by atoms with E-state index < -0.39 is 11.7 Å². The average Bonchev–Trinajstić information content (AvgIpc) is 2.61.